The Balaban J connectivity index is 1.90. The van der Waals surface area contributed by atoms with Gasteiger partial charge in [-0.3, -0.25) is 9.69 Å². The average molecular weight is 332 g/mol. The summed E-state index contributed by atoms with van der Waals surface area (Å²) in [6.07, 6.45) is -2.20. The molecule has 0 unspecified atom stereocenters. The number of halogens is 1. The van der Waals surface area contributed by atoms with E-state index >= 15 is 0 Å². The van der Waals surface area contributed by atoms with Gasteiger partial charge in [-0.1, -0.05) is 35.9 Å². The van der Waals surface area contributed by atoms with Crippen molar-refractivity contribution in [1.82, 2.24) is 0 Å². The first-order valence-corrected chi connectivity index (χ1v) is 7.40. The third-order valence-electron chi connectivity index (χ3n) is 3.67. The van der Waals surface area contributed by atoms with Crippen LogP contribution in [-0.2, 0) is 9.53 Å². The zero-order valence-corrected chi connectivity index (χ0v) is 13.0. The van der Waals surface area contributed by atoms with E-state index in [4.69, 9.17) is 16.3 Å². The third kappa shape index (κ3) is 2.81. The number of nitrogens with zero attached hydrogens (tertiary/aromatic N) is 1. The highest BCUT2D eigenvalue weighted by molar-refractivity contribution is 6.30. The fourth-order valence-electron chi connectivity index (χ4n) is 2.65. The first kappa shape index (κ1) is 15.5. The molecule has 118 valence electrons. The summed E-state index contributed by atoms with van der Waals surface area (Å²) in [6.45, 7) is 1.36. The number of carbonyl (C=O) groups excluding carboxylic acids is 2. The summed E-state index contributed by atoms with van der Waals surface area (Å²) in [5.74, 6) is -0.978. The van der Waals surface area contributed by atoms with Crippen LogP contribution in [0.15, 0.2) is 48.5 Å². The molecule has 1 aliphatic rings. The van der Waals surface area contributed by atoms with Crippen molar-refractivity contribution in [2.24, 2.45) is 0 Å². The molecule has 0 radical (unpaired) electrons. The quantitative estimate of drug-likeness (QED) is 0.859. The fraction of sp³-hybridized carbons (Fsp3) is 0.176. The van der Waals surface area contributed by atoms with Gasteiger partial charge in [0.25, 0.3) is 0 Å². The number of hydrogen-bond donors (Lipinski definition) is 1. The Morgan fingerprint density at radius 3 is 2.61 bits per heavy atom. The molecule has 3 rings (SSSR count). The Hall–Kier alpha value is -2.37. The lowest BCUT2D eigenvalue weighted by molar-refractivity contribution is -0.119. The van der Waals surface area contributed by atoms with Gasteiger partial charge in [0, 0.05) is 17.5 Å². The van der Waals surface area contributed by atoms with Crippen LogP contribution >= 0.6 is 11.6 Å². The van der Waals surface area contributed by atoms with Crippen molar-refractivity contribution in [2.75, 3.05) is 4.90 Å². The van der Waals surface area contributed by atoms with Crippen LogP contribution in [0.3, 0.4) is 0 Å². The van der Waals surface area contributed by atoms with Crippen molar-refractivity contribution in [3.8, 4) is 0 Å². The van der Waals surface area contributed by atoms with Crippen LogP contribution in [0.1, 0.15) is 28.9 Å². The van der Waals surface area contributed by atoms with E-state index in [1.54, 1.807) is 42.5 Å². The van der Waals surface area contributed by atoms with Gasteiger partial charge in [-0.25, -0.2) is 4.79 Å². The lowest BCUT2D eigenvalue weighted by atomic mass is 10.1. The molecule has 2 aromatic carbocycles. The number of aliphatic hydroxyl groups excluding tert-OH is 1. The highest BCUT2D eigenvalue weighted by Gasteiger charge is 2.42. The van der Waals surface area contributed by atoms with Gasteiger partial charge in [0.05, 0.1) is 11.3 Å². The minimum absolute atomic E-state index is 0.254. The number of benzene rings is 2. The number of anilines is 1. The highest BCUT2D eigenvalue weighted by Crippen LogP contribution is 2.40. The van der Waals surface area contributed by atoms with Crippen LogP contribution in [-0.4, -0.2) is 23.2 Å². The van der Waals surface area contributed by atoms with Gasteiger partial charge in [0.15, 0.2) is 0 Å². The van der Waals surface area contributed by atoms with Gasteiger partial charge in [-0.2, -0.15) is 0 Å². The van der Waals surface area contributed by atoms with Gasteiger partial charge in [0.1, 0.15) is 6.10 Å². The number of esters is 1. The molecule has 0 fully saturated rings. The molecule has 0 spiro atoms. The smallest absolute Gasteiger partial charge is 0.340 e. The SMILES string of the molecule is CC(=O)N1c2ccccc2[C@@H](O)[C@@H]1OC(=O)c1cccc(Cl)c1. The molecule has 0 saturated heterocycles. The maximum atomic E-state index is 12.3. The molecule has 1 heterocycles. The van der Waals surface area contributed by atoms with Crippen LogP contribution in [0.2, 0.25) is 5.02 Å². The number of ether oxygens (including phenoxy) is 1. The van der Waals surface area contributed by atoms with E-state index in [0.717, 1.165) is 0 Å². The topological polar surface area (TPSA) is 66.8 Å². The molecule has 1 aliphatic heterocycles. The van der Waals surface area contributed by atoms with Gasteiger partial charge in [-0.15, -0.1) is 0 Å². The largest absolute Gasteiger partial charge is 0.434 e. The minimum atomic E-state index is -1.10. The zero-order valence-electron chi connectivity index (χ0n) is 12.3. The molecule has 2 aromatic rings. The Morgan fingerprint density at radius 2 is 1.91 bits per heavy atom. The molecule has 2 atom stereocenters. The number of fused-ring (bicyclic) bond motifs is 1. The van der Waals surface area contributed by atoms with Crippen LogP contribution in [0, 0.1) is 0 Å². The van der Waals surface area contributed by atoms with E-state index in [0.29, 0.717) is 16.3 Å². The molecule has 6 heteroatoms. The fourth-order valence-corrected chi connectivity index (χ4v) is 2.84. The third-order valence-corrected chi connectivity index (χ3v) is 3.90. The number of amides is 1. The number of aliphatic hydroxyl groups is 1. The first-order chi connectivity index (χ1) is 11.0. The predicted molar refractivity (Wildman–Crippen MR) is 85.2 cm³/mol. The molecule has 5 nitrogen and oxygen atoms in total. The normalized spacial score (nSPS) is 19.3. The van der Waals surface area contributed by atoms with Crippen LogP contribution in [0.5, 0.6) is 0 Å². The second-order valence-corrected chi connectivity index (χ2v) is 5.64. The summed E-state index contributed by atoms with van der Waals surface area (Å²) >= 11 is 5.86. The Kier molecular flexibility index (Phi) is 4.07. The molecule has 1 amide bonds. The van der Waals surface area contributed by atoms with Gasteiger partial charge in [-0.05, 0) is 24.3 Å². The van der Waals surface area contributed by atoms with E-state index in [9.17, 15) is 14.7 Å². The summed E-state index contributed by atoms with van der Waals surface area (Å²) in [5.41, 5.74) is 1.34. The molecule has 0 bridgehead atoms. The van der Waals surface area contributed by atoms with Crippen molar-refractivity contribution >= 4 is 29.2 Å². The predicted octanol–water partition coefficient (Wildman–Crippen LogP) is 2.92. The molecule has 1 N–H and O–H groups in total. The van der Waals surface area contributed by atoms with Crippen molar-refractivity contribution < 1.29 is 19.4 Å². The Bertz CT molecular complexity index is 777. The van der Waals surface area contributed by atoms with Gasteiger partial charge in [0.2, 0.25) is 12.1 Å². The number of para-hydroxylation sites is 1. The van der Waals surface area contributed by atoms with Crippen LogP contribution in [0.25, 0.3) is 0 Å². The molecular formula is C17H14ClNO4. The molecule has 23 heavy (non-hydrogen) atoms. The minimum Gasteiger partial charge on any atom is -0.434 e. The van der Waals surface area contributed by atoms with E-state index in [1.165, 1.54) is 17.9 Å². The average Bonchev–Trinajstić information content (AvgIpc) is 2.80. The maximum Gasteiger partial charge on any atom is 0.340 e. The van der Waals surface area contributed by atoms with Crippen molar-refractivity contribution in [3.05, 3.63) is 64.7 Å². The molecular weight excluding hydrogens is 318 g/mol. The second-order valence-electron chi connectivity index (χ2n) is 5.20. The van der Waals surface area contributed by atoms with E-state index in [2.05, 4.69) is 0 Å². The molecule has 0 saturated carbocycles. The van der Waals surface area contributed by atoms with Crippen molar-refractivity contribution in [3.63, 3.8) is 0 Å². The van der Waals surface area contributed by atoms with Crippen LogP contribution < -0.4 is 4.90 Å². The Morgan fingerprint density at radius 1 is 1.17 bits per heavy atom. The van der Waals surface area contributed by atoms with Crippen molar-refractivity contribution in [1.29, 1.82) is 0 Å². The van der Waals surface area contributed by atoms with Gasteiger partial charge < -0.3 is 9.84 Å². The summed E-state index contributed by atoms with van der Waals surface area (Å²) in [5, 5.41) is 10.8. The van der Waals surface area contributed by atoms with E-state index in [-0.39, 0.29) is 11.5 Å². The highest BCUT2D eigenvalue weighted by atomic mass is 35.5. The number of carbonyl (C=O) groups is 2. The second kappa shape index (κ2) is 6.02. The van der Waals surface area contributed by atoms with Crippen LogP contribution in [0.4, 0.5) is 5.69 Å². The lowest BCUT2D eigenvalue weighted by Gasteiger charge is -2.25. The first-order valence-electron chi connectivity index (χ1n) is 7.02. The van der Waals surface area contributed by atoms with Crippen molar-refractivity contribution in [2.45, 2.75) is 19.3 Å². The molecule has 0 aromatic heterocycles. The summed E-state index contributed by atoms with van der Waals surface area (Å²) in [7, 11) is 0. The lowest BCUT2D eigenvalue weighted by Crippen LogP contribution is -2.41. The maximum absolute atomic E-state index is 12.3. The van der Waals surface area contributed by atoms with E-state index < -0.39 is 18.3 Å². The summed E-state index contributed by atoms with van der Waals surface area (Å²) in [4.78, 5) is 25.5. The Labute approximate surface area is 138 Å². The van der Waals surface area contributed by atoms with Gasteiger partial charge >= 0.3 is 5.97 Å². The molecule has 0 aliphatic carbocycles. The zero-order chi connectivity index (χ0) is 16.6. The number of rotatable bonds is 2. The monoisotopic (exact) mass is 331 g/mol. The van der Waals surface area contributed by atoms with E-state index in [1.807, 2.05) is 0 Å². The summed E-state index contributed by atoms with van der Waals surface area (Å²) < 4.78 is 5.38. The number of hydrogen-bond acceptors (Lipinski definition) is 4. The summed E-state index contributed by atoms with van der Waals surface area (Å²) in [6, 6.07) is 13.2. The standard InChI is InChI=1S/C17H14ClNO4/c1-10(20)19-14-8-3-2-7-13(14)15(21)16(19)23-17(22)11-5-4-6-12(18)9-11/h2-9,15-16,21H,1H3/t15-,16+/m1/s1.